The molecule has 0 atom stereocenters. The quantitative estimate of drug-likeness (QED) is 0.586. The SMILES string of the molecule is Cc1ccc(C2=C(Nc3ccc4c(c3)OCO4)C(=O)N(c3ccc(F)c(F)c3)C2=O)c(C)c1. The molecule has 0 unspecified atom stereocenters. The largest absolute Gasteiger partial charge is 0.454 e. The van der Waals surface area contributed by atoms with Gasteiger partial charge in [0, 0.05) is 17.8 Å². The van der Waals surface area contributed by atoms with Crippen LogP contribution in [-0.4, -0.2) is 18.6 Å². The van der Waals surface area contributed by atoms with Crippen LogP contribution >= 0.6 is 0 Å². The molecule has 0 saturated heterocycles. The number of anilines is 2. The highest BCUT2D eigenvalue weighted by Gasteiger charge is 2.41. The first-order chi connectivity index (χ1) is 15.8. The molecule has 3 aromatic rings. The van der Waals surface area contributed by atoms with Gasteiger partial charge >= 0.3 is 0 Å². The molecule has 3 aromatic carbocycles. The topological polar surface area (TPSA) is 67.9 Å². The standard InChI is InChI=1S/C25H18F2N2O4/c1-13-3-6-17(14(2)9-13)22-23(28-15-4-8-20-21(10-15)33-12-32-20)25(31)29(24(22)30)16-5-7-18(26)19(27)11-16/h3-11,28H,12H2,1-2H3. The molecule has 33 heavy (non-hydrogen) atoms. The number of nitrogens with zero attached hydrogens (tertiary/aromatic N) is 1. The molecule has 2 aliphatic rings. The van der Waals surface area contributed by atoms with Crippen molar-refractivity contribution >= 4 is 28.8 Å². The molecule has 0 saturated carbocycles. The van der Waals surface area contributed by atoms with Gasteiger partial charge in [0.1, 0.15) is 5.70 Å². The Bertz CT molecular complexity index is 1370. The number of hydrogen-bond donors (Lipinski definition) is 1. The summed E-state index contributed by atoms with van der Waals surface area (Å²) in [4.78, 5) is 27.7. The Morgan fingerprint density at radius 2 is 1.64 bits per heavy atom. The van der Waals surface area contributed by atoms with Crippen LogP contribution in [0.15, 0.2) is 60.3 Å². The van der Waals surface area contributed by atoms with Crippen LogP contribution in [0, 0.1) is 25.5 Å². The van der Waals surface area contributed by atoms with Gasteiger partial charge in [0.05, 0.1) is 11.3 Å². The molecule has 8 heteroatoms. The zero-order valence-electron chi connectivity index (χ0n) is 17.7. The van der Waals surface area contributed by atoms with Gasteiger partial charge in [-0.15, -0.1) is 0 Å². The van der Waals surface area contributed by atoms with Crippen molar-refractivity contribution in [1.82, 2.24) is 0 Å². The number of carbonyl (C=O) groups is 2. The number of hydrogen-bond acceptors (Lipinski definition) is 5. The second kappa shape index (κ2) is 7.74. The van der Waals surface area contributed by atoms with Gasteiger partial charge in [-0.05, 0) is 49.2 Å². The van der Waals surface area contributed by atoms with E-state index in [4.69, 9.17) is 9.47 Å². The third kappa shape index (κ3) is 3.49. The van der Waals surface area contributed by atoms with Gasteiger partial charge < -0.3 is 14.8 Å². The summed E-state index contributed by atoms with van der Waals surface area (Å²) in [6.45, 7) is 3.86. The van der Waals surface area contributed by atoms with Crippen LogP contribution in [0.3, 0.4) is 0 Å². The van der Waals surface area contributed by atoms with E-state index in [9.17, 15) is 18.4 Å². The van der Waals surface area contributed by atoms with Crippen molar-refractivity contribution in [2.45, 2.75) is 13.8 Å². The van der Waals surface area contributed by atoms with Crippen LogP contribution < -0.4 is 19.7 Å². The smallest absolute Gasteiger partial charge is 0.282 e. The van der Waals surface area contributed by atoms with E-state index in [-0.39, 0.29) is 23.8 Å². The normalized spacial score (nSPS) is 15.0. The second-order valence-electron chi connectivity index (χ2n) is 7.81. The summed E-state index contributed by atoms with van der Waals surface area (Å²) in [5.74, 6) is -2.47. The highest BCUT2D eigenvalue weighted by Crippen LogP contribution is 2.38. The predicted molar refractivity (Wildman–Crippen MR) is 118 cm³/mol. The van der Waals surface area contributed by atoms with Crippen molar-refractivity contribution < 1.29 is 27.8 Å². The summed E-state index contributed by atoms with van der Waals surface area (Å²) in [5.41, 5.74) is 2.96. The molecule has 0 fully saturated rings. The molecule has 0 aliphatic carbocycles. The summed E-state index contributed by atoms with van der Waals surface area (Å²) in [7, 11) is 0. The number of fused-ring (bicyclic) bond motifs is 1. The molecule has 0 spiro atoms. The van der Waals surface area contributed by atoms with Gasteiger partial charge in [-0.1, -0.05) is 23.8 Å². The molecule has 5 rings (SSSR count). The summed E-state index contributed by atoms with van der Waals surface area (Å²) >= 11 is 0. The zero-order valence-corrected chi connectivity index (χ0v) is 17.7. The maximum absolute atomic E-state index is 13.9. The number of carbonyl (C=O) groups excluding carboxylic acids is 2. The lowest BCUT2D eigenvalue weighted by Gasteiger charge is -2.16. The van der Waals surface area contributed by atoms with Gasteiger partial charge in [-0.2, -0.15) is 0 Å². The Morgan fingerprint density at radius 1 is 0.848 bits per heavy atom. The number of aryl methyl sites for hydroxylation is 2. The highest BCUT2D eigenvalue weighted by atomic mass is 19.2. The Morgan fingerprint density at radius 3 is 2.39 bits per heavy atom. The van der Waals surface area contributed by atoms with Crippen LogP contribution in [0.5, 0.6) is 11.5 Å². The molecule has 2 aliphatic heterocycles. The summed E-state index contributed by atoms with van der Waals surface area (Å²) in [6.07, 6.45) is 0. The molecule has 2 amide bonds. The van der Waals surface area contributed by atoms with E-state index >= 15 is 0 Å². The number of rotatable bonds is 4. The summed E-state index contributed by atoms with van der Waals surface area (Å²) < 4.78 is 38.1. The maximum Gasteiger partial charge on any atom is 0.282 e. The lowest BCUT2D eigenvalue weighted by molar-refractivity contribution is -0.120. The van der Waals surface area contributed by atoms with Crippen molar-refractivity contribution in [3.8, 4) is 11.5 Å². The molecule has 0 radical (unpaired) electrons. The third-order valence-electron chi connectivity index (χ3n) is 5.54. The minimum Gasteiger partial charge on any atom is -0.454 e. The average Bonchev–Trinajstić information content (AvgIpc) is 3.33. The molecular formula is C25H18F2N2O4. The molecular weight excluding hydrogens is 430 g/mol. The van der Waals surface area contributed by atoms with E-state index in [1.807, 2.05) is 26.0 Å². The third-order valence-corrected chi connectivity index (χ3v) is 5.54. The Labute approximate surface area is 188 Å². The lowest BCUT2D eigenvalue weighted by Crippen LogP contribution is -2.32. The maximum atomic E-state index is 13.9. The number of nitrogens with one attached hydrogen (secondary N) is 1. The van der Waals surface area contributed by atoms with Gasteiger partial charge in [-0.25, -0.2) is 13.7 Å². The van der Waals surface area contributed by atoms with Crippen molar-refractivity contribution in [2.75, 3.05) is 17.0 Å². The molecule has 6 nitrogen and oxygen atoms in total. The van der Waals surface area contributed by atoms with Gasteiger partial charge in [0.15, 0.2) is 23.1 Å². The Kier molecular flexibility index (Phi) is 4.85. The fraction of sp³-hybridized carbons (Fsp3) is 0.120. The molecule has 0 bridgehead atoms. The van der Waals surface area contributed by atoms with Crippen LogP contribution in [0.1, 0.15) is 16.7 Å². The van der Waals surface area contributed by atoms with E-state index in [1.165, 1.54) is 6.07 Å². The number of halogens is 2. The van der Waals surface area contributed by atoms with E-state index in [0.717, 1.165) is 28.2 Å². The fourth-order valence-electron chi connectivity index (χ4n) is 3.97. The number of ether oxygens (including phenoxy) is 2. The molecule has 166 valence electrons. The van der Waals surface area contributed by atoms with E-state index < -0.39 is 23.4 Å². The van der Waals surface area contributed by atoms with E-state index in [1.54, 1.807) is 24.3 Å². The Balaban J connectivity index is 1.63. The second-order valence-corrected chi connectivity index (χ2v) is 7.81. The predicted octanol–water partition coefficient (Wildman–Crippen LogP) is 4.71. The van der Waals surface area contributed by atoms with Crippen LogP contribution in [0.25, 0.3) is 5.57 Å². The van der Waals surface area contributed by atoms with Crippen LogP contribution in [0.4, 0.5) is 20.2 Å². The van der Waals surface area contributed by atoms with Gasteiger partial charge in [0.25, 0.3) is 11.8 Å². The first kappa shape index (κ1) is 20.7. The van der Waals surface area contributed by atoms with E-state index in [0.29, 0.717) is 22.7 Å². The monoisotopic (exact) mass is 448 g/mol. The first-order valence-electron chi connectivity index (χ1n) is 10.2. The van der Waals surface area contributed by atoms with Gasteiger partial charge in [-0.3, -0.25) is 9.59 Å². The van der Waals surface area contributed by atoms with E-state index in [2.05, 4.69) is 5.32 Å². The summed E-state index contributed by atoms with van der Waals surface area (Å²) in [5, 5.41) is 3.03. The fourth-order valence-corrected chi connectivity index (χ4v) is 3.97. The first-order valence-corrected chi connectivity index (χ1v) is 10.2. The summed E-state index contributed by atoms with van der Waals surface area (Å²) in [6, 6.07) is 13.4. The zero-order chi connectivity index (χ0) is 23.3. The van der Waals surface area contributed by atoms with Gasteiger partial charge in [0.2, 0.25) is 6.79 Å². The molecule has 0 aromatic heterocycles. The molecule has 1 N–H and O–H groups in total. The van der Waals surface area contributed by atoms with Crippen molar-refractivity contribution in [3.05, 3.63) is 88.6 Å². The molecule has 2 heterocycles. The number of imide groups is 1. The highest BCUT2D eigenvalue weighted by molar-refractivity contribution is 6.46. The van der Waals surface area contributed by atoms with Crippen molar-refractivity contribution in [2.24, 2.45) is 0 Å². The van der Waals surface area contributed by atoms with Crippen molar-refractivity contribution in [3.63, 3.8) is 0 Å². The number of benzene rings is 3. The lowest BCUT2D eigenvalue weighted by atomic mass is 9.97. The van der Waals surface area contributed by atoms with Crippen LogP contribution in [-0.2, 0) is 9.59 Å². The number of amides is 2. The van der Waals surface area contributed by atoms with Crippen molar-refractivity contribution in [1.29, 1.82) is 0 Å². The Hall–Kier alpha value is -4.20. The van der Waals surface area contributed by atoms with Crippen LogP contribution in [0.2, 0.25) is 0 Å². The minimum absolute atomic E-state index is 0.0237. The minimum atomic E-state index is -1.15. The average molecular weight is 448 g/mol.